The van der Waals surface area contributed by atoms with Crippen molar-refractivity contribution < 1.29 is 18.9 Å². The predicted octanol–water partition coefficient (Wildman–Crippen LogP) is 7.34. The summed E-state index contributed by atoms with van der Waals surface area (Å²) in [6.07, 6.45) is 9.33. The van der Waals surface area contributed by atoms with Crippen LogP contribution in [0.4, 0.5) is 0 Å². The summed E-state index contributed by atoms with van der Waals surface area (Å²) >= 11 is 7.35. The lowest BCUT2D eigenvalue weighted by molar-refractivity contribution is -0.222. The molecule has 33 heavy (non-hydrogen) atoms. The van der Waals surface area contributed by atoms with Crippen LogP contribution in [0.25, 0.3) is 11.1 Å². The van der Waals surface area contributed by atoms with Crippen molar-refractivity contribution in [3.8, 4) is 11.1 Å². The summed E-state index contributed by atoms with van der Waals surface area (Å²) in [6, 6.07) is 12.8. The van der Waals surface area contributed by atoms with Crippen LogP contribution in [-0.4, -0.2) is 38.6 Å². The van der Waals surface area contributed by atoms with Gasteiger partial charge in [-0.1, -0.05) is 44.0 Å². The molecule has 178 valence electrons. The number of hydrogen-bond acceptors (Lipinski definition) is 4. The Morgan fingerprint density at radius 2 is 1.21 bits per heavy atom. The molecule has 0 radical (unpaired) electrons. The molecular formula is C27H32Br2O4. The standard InChI is InChI=1S/C27H32Br2O4/c28-19-7-9-23-24-10-8-20(29)18-26(24)27(25(23)17-19,32-15-11-21-5-1-3-13-30-21)33-16-12-22-6-2-4-14-31-22/h7-10,17-18,21-22H,1-6,11-16H2. The maximum atomic E-state index is 6.76. The molecule has 3 aliphatic rings. The third-order valence-corrected chi connectivity index (χ3v) is 7.99. The van der Waals surface area contributed by atoms with Gasteiger partial charge in [0.1, 0.15) is 0 Å². The van der Waals surface area contributed by atoms with Gasteiger partial charge in [-0.2, -0.15) is 0 Å². The fraction of sp³-hybridized carbons (Fsp3) is 0.556. The number of rotatable bonds is 8. The van der Waals surface area contributed by atoms with E-state index >= 15 is 0 Å². The van der Waals surface area contributed by atoms with Crippen LogP contribution in [-0.2, 0) is 24.7 Å². The second kappa shape index (κ2) is 10.9. The topological polar surface area (TPSA) is 36.9 Å². The Labute approximate surface area is 213 Å². The van der Waals surface area contributed by atoms with Gasteiger partial charge >= 0.3 is 0 Å². The molecule has 0 spiro atoms. The van der Waals surface area contributed by atoms with E-state index < -0.39 is 5.79 Å². The highest BCUT2D eigenvalue weighted by Gasteiger charge is 2.46. The van der Waals surface area contributed by atoms with Crippen LogP contribution in [0.2, 0.25) is 0 Å². The molecular weight excluding hydrogens is 548 g/mol. The zero-order valence-corrected chi connectivity index (χ0v) is 22.2. The molecule has 0 N–H and O–H groups in total. The third kappa shape index (κ3) is 5.26. The van der Waals surface area contributed by atoms with Gasteiger partial charge in [-0.05, 0) is 86.8 Å². The molecule has 0 bridgehead atoms. The Balaban J connectivity index is 1.43. The Kier molecular flexibility index (Phi) is 7.90. The molecule has 2 unspecified atom stereocenters. The third-order valence-electron chi connectivity index (χ3n) is 7.00. The van der Waals surface area contributed by atoms with Gasteiger partial charge in [0.05, 0.1) is 25.4 Å². The largest absolute Gasteiger partial charge is 0.378 e. The van der Waals surface area contributed by atoms with Gasteiger partial charge < -0.3 is 18.9 Å². The van der Waals surface area contributed by atoms with Crippen molar-refractivity contribution in [3.05, 3.63) is 56.5 Å². The lowest BCUT2D eigenvalue weighted by atomic mass is 10.0. The molecule has 5 rings (SSSR count). The van der Waals surface area contributed by atoms with E-state index in [1.807, 2.05) is 0 Å². The molecule has 2 aliphatic heterocycles. The van der Waals surface area contributed by atoms with E-state index in [9.17, 15) is 0 Å². The summed E-state index contributed by atoms with van der Waals surface area (Å²) < 4.78 is 27.5. The van der Waals surface area contributed by atoms with Crippen LogP contribution >= 0.6 is 31.9 Å². The summed E-state index contributed by atoms with van der Waals surface area (Å²) in [7, 11) is 0. The second-order valence-corrected chi connectivity index (χ2v) is 11.1. The minimum atomic E-state index is -0.929. The maximum Gasteiger partial charge on any atom is 0.223 e. The van der Waals surface area contributed by atoms with E-state index in [0.717, 1.165) is 71.8 Å². The van der Waals surface area contributed by atoms with Gasteiger partial charge in [0, 0.05) is 33.3 Å². The van der Waals surface area contributed by atoms with Crippen LogP contribution in [0.15, 0.2) is 45.3 Å². The zero-order chi connectivity index (χ0) is 22.7. The first-order valence-corrected chi connectivity index (χ1v) is 13.9. The second-order valence-electron chi connectivity index (χ2n) is 9.25. The number of halogens is 2. The monoisotopic (exact) mass is 578 g/mol. The van der Waals surface area contributed by atoms with E-state index in [-0.39, 0.29) is 12.2 Å². The number of fused-ring (bicyclic) bond motifs is 3. The smallest absolute Gasteiger partial charge is 0.223 e. The Bertz CT molecular complexity index is 874. The predicted molar refractivity (Wildman–Crippen MR) is 136 cm³/mol. The number of benzene rings is 2. The average Bonchev–Trinajstić information content (AvgIpc) is 3.09. The van der Waals surface area contributed by atoms with Crippen molar-refractivity contribution in [2.24, 2.45) is 0 Å². The lowest BCUT2D eigenvalue weighted by Crippen LogP contribution is -2.35. The van der Waals surface area contributed by atoms with Crippen molar-refractivity contribution in [2.45, 2.75) is 69.4 Å². The summed E-state index contributed by atoms with van der Waals surface area (Å²) in [5.74, 6) is -0.929. The molecule has 1 aliphatic carbocycles. The van der Waals surface area contributed by atoms with Crippen molar-refractivity contribution >= 4 is 31.9 Å². The van der Waals surface area contributed by atoms with E-state index in [2.05, 4.69) is 68.3 Å². The molecule has 0 aromatic heterocycles. The van der Waals surface area contributed by atoms with Crippen LogP contribution < -0.4 is 0 Å². The van der Waals surface area contributed by atoms with Crippen molar-refractivity contribution in [3.63, 3.8) is 0 Å². The molecule has 2 atom stereocenters. The Morgan fingerprint density at radius 3 is 1.64 bits per heavy atom. The van der Waals surface area contributed by atoms with Crippen LogP contribution in [0.5, 0.6) is 0 Å². The zero-order valence-electron chi connectivity index (χ0n) is 19.0. The SMILES string of the molecule is Brc1ccc2c(c1)C(OCCC1CCCCO1)(OCCC1CCCCO1)c1cc(Br)ccc1-2. The minimum Gasteiger partial charge on any atom is -0.378 e. The molecule has 0 saturated carbocycles. The van der Waals surface area contributed by atoms with Crippen LogP contribution in [0.1, 0.15) is 62.5 Å². The first-order chi connectivity index (χ1) is 16.2. The summed E-state index contributed by atoms with van der Waals surface area (Å²) in [5.41, 5.74) is 4.48. The highest BCUT2D eigenvalue weighted by Crippen LogP contribution is 2.52. The number of ether oxygens (including phenoxy) is 4. The van der Waals surface area contributed by atoms with Gasteiger partial charge in [0.2, 0.25) is 5.79 Å². The quantitative estimate of drug-likeness (QED) is 0.306. The molecule has 2 saturated heterocycles. The minimum absolute atomic E-state index is 0.275. The fourth-order valence-electron chi connectivity index (χ4n) is 5.28. The average molecular weight is 580 g/mol. The van der Waals surface area contributed by atoms with Gasteiger partial charge in [-0.3, -0.25) is 0 Å². The first-order valence-electron chi connectivity index (χ1n) is 12.3. The highest BCUT2D eigenvalue weighted by molar-refractivity contribution is 9.10. The van der Waals surface area contributed by atoms with E-state index in [0.29, 0.717) is 13.2 Å². The first kappa shape index (κ1) is 24.0. The maximum absolute atomic E-state index is 6.76. The van der Waals surface area contributed by atoms with Crippen LogP contribution in [0.3, 0.4) is 0 Å². The van der Waals surface area contributed by atoms with E-state index in [1.54, 1.807) is 0 Å². The Morgan fingerprint density at radius 1 is 0.727 bits per heavy atom. The van der Waals surface area contributed by atoms with Gasteiger partial charge in [-0.25, -0.2) is 0 Å². The van der Waals surface area contributed by atoms with Gasteiger partial charge in [0.25, 0.3) is 0 Å². The molecule has 4 nitrogen and oxygen atoms in total. The fourth-order valence-corrected chi connectivity index (χ4v) is 6.01. The van der Waals surface area contributed by atoms with Crippen molar-refractivity contribution in [2.75, 3.05) is 26.4 Å². The van der Waals surface area contributed by atoms with Crippen molar-refractivity contribution in [1.82, 2.24) is 0 Å². The Hall–Kier alpha value is -0.760. The lowest BCUT2D eigenvalue weighted by Gasteiger charge is -2.34. The molecule has 2 fully saturated rings. The molecule has 2 aromatic carbocycles. The van der Waals surface area contributed by atoms with Crippen LogP contribution in [0, 0.1) is 0 Å². The van der Waals surface area contributed by atoms with E-state index in [1.165, 1.54) is 24.0 Å². The van der Waals surface area contributed by atoms with Crippen molar-refractivity contribution in [1.29, 1.82) is 0 Å². The molecule has 6 heteroatoms. The summed E-state index contributed by atoms with van der Waals surface area (Å²) in [5, 5.41) is 0. The van der Waals surface area contributed by atoms with Gasteiger partial charge in [-0.15, -0.1) is 0 Å². The normalized spacial score (nSPS) is 23.8. The molecule has 2 heterocycles. The van der Waals surface area contributed by atoms with E-state index in [4.69, 9.17) is 18.9 Å². The molecule has 2 aromatic rings. The molecule has 0 amide bonds. The highest BCUT2D eigenvalue weighted by atomic mass is 79.9. The summed E-state index contributed by atoms with van der Waals surface area (Å²) in [6.45, 7) is 2.89. The number of hydrogen-bond donors (Lipinski definition) is 0. The summed E-state index contributed by atoms with van der Waals surface area (Å²) in [4.78, 5) is 0. The van der Waals surface area contributed by atoms with Gasteiger partial charge in [0.15, 0.2) is 0 Å².